The number of alkyl halides is 1. The molecule has 0 bridgehead atoms. The van der Waals surface area contributed by atoms with Gasteiger partial charge in [0.1, 0.15) is 12.2 Å². The molecule has 1 rings (SSSR count). The first-order valence-corrected chi connectivity index (χ1v) is 4.93. The average Bonchev–Trinajstić information content (AvgIpc) is 2.37. The lowest BCUT2D eigenvalue weighted by Crippen LogP contribution is -2.22. The first kappa shape index (κ1) is 9.67. The second-order valence-corrected chi connectivity index (χ2v) is 3.52. The Kier molecular flexibility index (Phi) is 3.68. The van der Waals surface area contributed by atoms with Gasteiger partial charge in [0.15, 0.2) is 0 Å². The van der Waals surface area contributed by atoms with Gasteiger partial charge in [0.25, 0.3) is 0 Å². The highest BCUT2D eigenvalue weighted by Crippen LogP contribution is 1.97. The molecule has 0 radical (unpaired) electrons. The predicted molar refractivity (Wildman–Crippen MR) is 51.1 cm³/mol. The summed E-state index contributed by atoms with van der Waals surface area (Å²) in [5.74, 6) is 0.999. The molecular formula is C7H13BrN4. The van der Waals surface area contributed by atoms with Gasteiger partial charge in [-0.25, -0.2) is 4.98 Å². The van der Waals surface area contributed by atoms with Gasteiger partial charge in [-0.05, 0) is 7.05 Å². The maximum absolute atomic E-state index is 4.13. The van der Waals surface area contributed by atoms with Crippen LogP contribution in [0.15, 0.2) is 6.33 Å². The molecule has 0 spiro atoms. The summed E-state index contributed by atoms with van der Waals surface area (Å²) in [6.07, 6.45) is 1.58. The summed E-state index contributed by atoms with van der Waals surface area (Å²) >= 11 is 3.39. The summed E-state index contributed by atoms with van der Waals surface area (Å²) in [6, 6.07) is 0. The topological polar surface area (TPSA) is 34.0 Å². The van der Waals surface area contributed by atoms with Crippen molar-refractivity contribution in [2.24, 2.45) is 7.05 Å². The van der Waals surface area contributed by atoms with Crippen LogP contribution >= 0.6 is 15.9 Å². The van der Waals surface area contributed by atoms with E-state index in [4.69, 9.17) is 0 Å². The van der Waals surface area contributed by atoms with Crippen LogP contribution in [0, 0.1) is 0 Å². The van der Waals surface area contributed by atoms with E-state index in [1.165, 1.54) is 0 Å². The summed E-state index contributed by atoms with van der Waals surface area (Å²) in [5, 5.41) is 4.98. The Hall–Kier alpha value is -0.420. The molecule has 1 aromatic rings. The molecule has 0 saturated heterocycles. The van der Waals surface area contributed by atoms with Crippen molar-refractivity contribution in [3.63, 3.8) is 0 Å². The second kappa shape index (κ2) is 4.57. The molecule has 0 aliphatic carbocycles. The quantitative estimate of drug-likeness (QED) is 0.716. The largest absolute Gasteiger partial charge is 0.298 e. The smallest absolute Gasteiger partial charge is 0.140 e. The van der Waals surface area contributed by atoms with Crippen molar-refractivity contribution in [1.29, 1.82) is 0 Å². The molecule has 0 atom stereocenters. The van der Waals surface area contributed by atoms with Gasteiger partial charge in [-0.1, -0.05) is 15.9 Å². The first-order valence-electron chi connectivity index (χ1n) is 3.81. The summed E-state index contributed by atoms with van der Waals surface area (Å²) in [4.78, 5) is 6.33. The van der Waals surface area contributed by atoms with E-state index in [9.17, 15) is 0 Å². The highest BCUT2D eigenvalue weighted by Gasteiger charge is 2.03. The standard InChI is InChI=1S/C7H13BrN4/c1-11(4-3-8)5-7-9-6-10-12(7)2/h6H,3-5H2,1-2H3. The molecule has 68 valence electrons. The fourth-order valence-electron chi connectivity index (χ4n) is 0.928. The van der Waals surface area contributed by atoms with Crippen LogP contribution in [0.25, 0.3) is 0 Å². The van der Waals surface area contributed by atoms with Crippen LogP contribution < -0.4 is 0 Å². The SMILES string of the molecule is CN(CCBr)Cc1ncnn1C. The van der Waals surface area contributed by atoms with E-state index >= 15 is 0 Å². The Balaban J connectivity index is 2.46. The van der Waals surface area contributed by atoms with Gasteiger partial charge >= 0.3 is 0 Å². The molecular weight excluding hydrogens is 220 g/mol. The minimum absolute atomic E-state index is 0.849. The predicted octanol–water partition coefficient (Wildman–Crippen LogP) is 0.642. The monoisotopic (exact) mass is 232 g/mol. The number of hydrogen-bond donors (Lipinski definition) is 0. The number of hydrogen-bond acceptors (Lipinski definition) is 3. The lowest BCUT2D eigenvalue weighted by Gasteiger charge is -2.13. The van der Waals surface area contributed by atoms with E-state index in [0.29, 0.717) is 0 Å². The first-order chi connectivity index (χ1) is 5.74. The summed E-state index contributed by atoms with van der Waals surface area (Å²) in [5.41, 5.74) is 0. The Labute approximate surface area is 80.7 Å². The van der Waals surface area contributed by atoms with Crippen LogP contribution in [0.4, 0.5) is 0 Å². The Bertz CT molecular complexity index is 235. The molecule has 4 nitrogen and oxygen atoms in total. The van der Waals surface area contributed by atoms with Crippen molar-refractivity contribution in [1.82, 2.24) is 19.7 Å². The third-order valence-corrected chi connectivity index (χ3v) is 2.04. The van der Waals surface area contributed by atoms with Gasteiger partial charge in [0, 0.05) is 18.9 Å². The zero-order chi connectivity index (χ0) is 8.97. The molecule has 5 heteroatoms. The Morgan fingerprint density at radius 3 is 2.92 bits per heavy atom. The molecule has 0 aliphatic heterocycles. The molecule has 12 heavy (non-hydrogen) atoms. The number of halogens is 1. The second-order valence-electron chi connectivity index (χ2n) is 2.73. The molecule has 0 aliphatic rings. The van der Waals surface area contributed by atoms with E-state index in [0.717, 1.165) is 24.2 Å². The van der Waals surface area contributed by atoms with Crippen molar-refractivity contribution < 1.29 is 0 Å². The lowest BCUT2D eigenvalue weighted by molar-refractivity contribution is 0.333. The van der Waals surface area contributed by atoms with Crippen LogP contribution in [0.5, 0.6) is 0 Å². The number of aromatic nitrogens is 3. The van der Waals surface area contributed by atoms with E-state index < -0.39 is 0 Å². The molecule has 0 N–H and O–H groups in total. The molecule has 0 saturated carbocycles. The molecule has 1 heterocycles. The Morgan fingerprint density at radius 1 is 1.67 bits per heavy atom. The Morgan fingerprint density at radius 2 is 2.42 bits per heavy atom. The zero-order valence-electron chi connectivity index (χ0n) is 7.37. The molecule has 0 amide bonds. The number of aryl methyl sites for hydroxylation is 1. The minimum atomic E-state index is 0.849. The third-order valence-electron chi connectivity index (χ3n) is 1.68. The maximum atomic E-state index is 4.13. The van der Waals surface area contributed by atoms with Crippen molar-refractivity contribution in [2.45, 2.75) is 6.54 Å². The van der Waals surface area contributed by atoms with Gasteiger partial charge in [-0.2, -0.15) is 5.10 Å². The third kappa shape index (κ3) is 2.57. The minimum Gasteiger partial charge on any atom is -0.298 e. The zero-order valence-corrected chi connectivity index (χ0v) is 8.95. The van der Waals surface area contributed by atoms with Gasteiger partial charge in [0.05, 0.1) is 6.54 Å². The van der Waals surface area contributed by atoms with Crippen molar-refractivity contribution in [3.05, 3.63) is 12.2 Å². The van der Waals surface area contributed by atoms with Crippen LogP contribution in [0.1, 0.15) is 5.82 Å². The van der Waals surface area contributed by atoms with Crippen molar-refractivity contribution in [3.8, 4) is 0 Å². The van der Waals surface area contributed by atoms with E-state index in [1.54, 1.807) is 11.0 Å². The number of rotatable bonds is 4. The highest BCUT2D eigenvalue weighted by molar-refractivity contribution is 9.09. The normalized spacial score (nSPS) is 11.0. The maximum Gasteiger partial charge on any atom is 0.140 e. The fraction of sp³-hybridized carbons (Fsp3) is 0.714. The fourth-order valence-corrected chi connectivity index (χ4v) is 1.53. The number of nitrogens with zero attached hydrogens (tertiary/aromatic N) is 4. The van der Waals surface area contributed by atoms with Crippen molar-refractivity contribution in [2.75, 3.05) is 18.9 Å². The molecule has 0 unspecified atom stereocenters. The molecule has 1 aromatic heterocycles. The van der Waals surface area contributed by atoms with Gasteiger partial charge in [-0.15, -0.1) is 0 Å². The van der Waals surface area contributed by atoms with Gasteiger partial charge < -0.3 is 0 Å². The van der Waals surface area contributed by atoms with E-state index in [1.807, 2.05) is 7.05 Å². The highest BCUT2D eigenvalue weighted by atomic mass is 79.9. The van der Waals surface area contributed by atoms with Crippen LogP contribution in [0.3, 0.4) is 0 Å². The van der Waals surface area contributed by atoms with Gasteiger partial charge in [0.2, 0.25) is 0 Å². The van der Waals surface area contributed by atoms with Crippen LogP contribution in [0.2, 0.25) is 0 Å². The summed E-state index contributed by atoms with van der Waals surface area (Å²) in [7, 11) is 3.97. The molecule has 0 fully saturated rings. The molecule has 0 aromatic carbocycles. The van der Waals surface area contributed by atoms with E-state index in [-0.39, 0.29) is 0 Å². The van der Waals surface area contributed by atoms with Crippen LogP contribution in [-0.2, 0) is 13.6 Å². The summed E-state index contributed by atoms with van der Waals surface area (Å²) in [6.45, 7) is 1.87. The van der Waals surface area contributed by atoms with Crippen LogP contribution in [-0.4, -0.2) is 38.6 Å². The van der Waals surface area contributed by atoms with Crippen molar-refractivity contribution >= 4 is 15.9 Å². The van der Waals surface area contributed by atoms with E-state index in [2.05, 4.69) is 38.0 Å². The average molecular weight is 233 g/mol. The lowest BCUT2D eigenvalue weighted by atomic mass is 10.5. The summed E-state index contributed by atoms with van der Waals surface area (Å²) < 4.78 is 1.80. The van der Waals surface area contributed by atoms with Gasteiger partial charge in [-0.3, -0.25) is 9.58 Å².